The summed E-state index contributed by atoms with van der Waals surface area (Å²) >= 11 is 0. The Labute approximate surface area is 138 Å². The molecule has 0 aliphatic heterocycles. The van der Waals surface area contributed by atoms with Crippen LogP contribution in [0.1, 0.15) is 23.2 Å². The summed E-state index contributed by atoms with van der Waals surface area (Å²) < 4.78 is 0. The summed E-state index contributed by atoms with van der Waals surface area (Å²) in [5.74, 6) is 10.5. The lowest BCUT2D eigenvalue weighted by Crippen LogP contribution is -2.28. The van der Waals surface area contributed by atoms with Crippen LogP contribution in [0.5, 0.6) is 11.5 Å². The van der Waals surface area contributed by atoms with Crippen molar-refractivity contribution in [3.05, 3.63) is 35.4 Å². The fourth-order valence-corrected chi connectivity index (χ4v) is 2.51. The first kappa shape index (κ1) is 17.4. The maximum Gasteiger partial charge on any atom is 0.196 e. The van der Waals surface area contributed by atoms with Crippen LogP contribution in [0.15, 0.2) is 24.3 Å². The third-order valence-electron chi connectivity index (χ3n) is 3.78. The monoisotopic (exact) mass is 334 g/mol. The van der Waals surface area contributed by atoms with E-state index in [4.69, 9.17) is 51.0 Å². The summed E-state index contributed by atoms with van der Waals surface area (Å²) in [4.78, 5) is 9.47. The topological polar surface area (TPSA) is 227 Å². The average Bonchev–Trinajstić information content (AvgIpc) is 2.53. The lowest BCUT2D eigenvalue weighted by molar-refractivity contribution is 0.316. The molecule has 0 aliphatic rings. The van der Waals surface area contributed by atoms with Gasteiger partial charge < -0.3 is 44.1 Å². The zero-order chi connectivity index (χ0) is 18.0. The molecule has 0 saturated heterocycles. The van der Waals surface area contributed by atoms with E-state index in [0.29, 0.717) is 22.5 Å². The first-order valence-electron chi connectivity index (χ1n) is 6.93. The Hall–Kier alpha value is -2.92. The molecule has 0 spiro atoms. The van der Waals surface area contributed by atoms with Gasteiger partial charge >= 0.3 is 0 Å². The highest BCUT2D eigenvalue weighted by Crippen LogP contribution is 2.43. The minimum atomic E-state index is -0.772. The largest absolute Gasteiger partial charge is 0.409 e. The van der Waals surface area contributed by atoms with Crippen LogP contribution in [0.4, 0.5) is 22.7 Å². The van der Waals surface area contributed by atoms with Crippen LogP contribution in [-0.2, 0) is 0 Å². The van der Waals surface area contributed by atoms with E-state index in [0.717, 1.165) is 0 Å². The molecule has 10 heteroatoms. The smallest absolute Gasteiger partial charge is 0.196 e. The van der Waals surface area contributed by atoms with Crippen LogP contribution in [0, 0.1) is 0 Å². The van der Waals surface area contributed by atoms with E-state index in [1.54, 1.807) is 18.2 Å². The highest BCUT2D eigenvalue weighted by atomic mass is 16.6. The van der Waals surface area contributed by atoms with Crippen LogP contribution in [0.2, 0.25) is 0 Å². The van der Waals surface area contributed by atoms with Gasteiger partial charge in [-0.05, 0) is 23.8 Å². The Kier molecular flexibility index (Phi) is 4.85. The Balaban J connectivity index is 2.50. The predicted molar refractivity (Wildman–Crippen MR) is 94.0 cm³/mol. The molecule has 2 aromatic rings. The van der Waals surface area contributed by atoms with Gasteiger partial charge in [0.2, 0.25) is 0 Å². The van der Waals surface area contributed by atoms with Crippen LogP contribution in [0.3, 0.4) is 0 Å². The quantitative estimate of drug-likeness (QED) is 0.251. The highest BCUT2D eigenvalue weighted by molar-refractivity contribution is 5.76. The minimum Gasteiger partial charge on any atom is -0.409 e. The Bertz CT molecular complexity index is 752. The predicted octanol–water partition coefficient (Wildman–Crippen LogP) is -0.780. The van der Waals surface area contributed by atoms with Gasteiger partial charge in [0.25, 0.3) is 0 Å². The van der Waals surface area contributed by atoms with Gasteiger partial charge in [-0.25, -0.2) is 0 Å². The van der Waals surface area contributed by atoms with Crippen molar-refractivity contribution in [2.24, 2.45) is 23.3 Å². The van der Waals surface area contributed by atoms with Crippen molar-refractivity contribution in [2.45, 2.75) is 12.1 Å². The molecule has 2 rings (SSSR count). The summed E-state index contributed by atoms with van der Waals surface area (Å²) in [6.45, 7) is 0. The Morgan fingerprint density at radius 1 is 0.708 bits per heavy atom. The first-order chi connectivity index (χ1) is 11.3. The van der Waals surface area contributed by atoms with Crippen LogP contribution >= 0.6 is 0 Å². The van der Waals surface area contributed by atoms with Gasteiger partial charge in [-0.3, -0.25) is 0 Å². The molecule has 0 heterocycles. The van der Waals surface area contributed by atoms with Crippen molar-refractivity contribution in [1.29, 1.82) is 0 Å². The van der Waals surface area contributed by atoms with Crippen molar-refractivity contribution >= 4 is 22.7 Å². The van der Waals surface area contributed by atoms with Crippen molar-refractivity contribution in [1.82, 2.24) is 0 Å². The molecule has 0 radical (unpaired) electrons. The van der Waals surface area contributed by atoms with E-state index in [-0.39, 0.29) is 22.9 Å². The van der Waals surface area contributed by atoms with E-state index in [1.165, 1.54) is 6.07 Å². The molecule has 0 saturated carbocycles. The third kappa shape index (κ3) is 2.94. The van der Waals surface area contributed by atoms with E-state index in [1.807, 2.05) is 0 Å². The van der Waals surface area contributed by atoms with Gasteiger partial charge in [-0.15, -0.1) is 0 Å². The lowest BCUT2D eigenvalue weighted by atomic mass is 9.92. The second-order valence-electron chi connectivity index (χ2n) is 5.30. The molecule has 24 heavy (non-hydrogen) atoms. The van der Waals surface area contributed by atoms with Crippen LogP contribution < -0.4 is 55.9 Å². The lowest BCUT2D eigenvalue weighted by Gasteiger charge is -2.25. The van der Waals surface area contributed by atoms with Gasteiger partial charge in [-0.2, -0.15) is 11.8 Å². The molecule has 0 aliphatic carbocycles. The fourth-order valence-electron chi connectivity index (χ4n) is 2.51. The van der Waals surface area contributed by atoms with Gasteiger partial charge in [0.1, 0.15) is 5.69 Å². The number of hydrogen-bond donors (Lipinski definition) is 8. The number of rotatable bonds is 5. The van der Waals surface area contributed by atoms with Crippen molar-refractivity contribution in [2.75, 3.05) is 22.9 Å². The molecular formula is C14H22N8O2. The molecule has 130 valence electrons. The standard InChI is InChI=1S/C14H22N8O2/c15-5-1-2-6(8(16)3-5)10(18)11(19)7-4-9(17)14(24-22)12(20)13(7)23-21/h1-4,10-11H,15-22H2. The van der Waals surface area contributed by atoms with Gasteiger partial charge in [0, 0.05) is 16.9 Å². The zero-order valence-corrected chi connectivity index (χ0v) is 12.9. The molecule has 0 fully saturated rings. The number of nitrogen functional groups attached to an aromatic ring is 4. The summed E-state index contributed by atoms with van der Waals surface area (Å²) in [7, 11) is 0. The molecule has 16 N–H and O–H groups in total. The average molecular weight is 334 g/mol. The SMILES string of the molecule is NOc1c(N)cc(C(N)C(N)c2ccc(N)cc2N)c(ON)c1N. The summed E-state index contributed by atoms with van der Waals surface area (Å²) in [5.41, 5.74) is 38.0. The van der Waals surface area contributed by atoms with Crippen molar-refractivity contribution < 1.29 is 9.68 Å². The first-order valence-corrected chi connectivity index (χ1v) is 6.93. The van der Waals surface area contributed by atoms with Gasteiger partial charge in [0.15, 0.2) is 11.5 Å². The number of benzene rings is 2. The van der Waals surface area contributed by atoms with E-state index >= 15 is 0 Å². The maximum absolute atomic E-state index is 6.25. The van der Waals surface area contributed by atoms with Gasteiger partial charge in [0.05, 0.1) is 17.8 Å². The van der Waals surface area contributed by atoms with E-state index in [2.05, 4.69) is 4.84 Å². The molecule has 0 amide bonds. The van der Waals surface area contributed by atoms with Crippen molar-refractivity contribution in [3.8, 4) is 11.5 Å². The summed E-state index contributed by atoms with van der Waals surface area (Å²) in [6.07, 6.45) is 0. The molecule has 2 atom stereocenters. The maximum atomic E-state index is 6.25. The minimum absolute atomic E-state index is 0.0166. The number of anilines is 4. The Morgan fingerprint density at radius 2 is 1.29 bits per heavy atom. The van der Waals surface area contributed by atoms with E-state index < -0.39 is 12.1 Å². The summed E-state index contributed by atoms with van der Waals surface area (Å²) in [5, 5.41) is 0. The number of nitrogens with two attached hydrogens (primary N) is 8. The third-order valence-corrected chi connectivity index (χ3v) is 3.78. The normalized spacial score (nSPS) is 13.3. The van der Waals surface area contributed by atoms with Crippen LogP contribution in [-0.4, -0.2) is 0 Å². The molecular weight excluding hydrogens is 312 g/mol. The zero-order valence-electron chi connectivity index (χ0n) is 12.9. The summed E-state index contributed by atoms with van der Waals surface area (Å²) in [6, 6.07) is 4.98. The molecule has 10 nitrogen and oxygen atoms in total. The molecule has 0 aromatic heterocycles. The van der Waals surface area contributed by atoms with Crippen molar-refractivity contribution in [3.63, 3.8) is 0 Å². The van der Waals surface area contributed by atoms with Gasteiger partial charge in [-0.1, -0.05) is 6.07 Å². The van der Waals surface area contributed by atoms with E-state index in [9.17, 15) is 0 Å². The molecule has 0 bridgehead atoms. The second-order valence-corrected chi connectivity index (χ2v) is 5.30. The fraction of sp³-hybridized carbons (Fsp3) is 0.143. The Morgan fingerprint density at radius 3 is 1.83 bits per heavy atom. The van der Waals surface area contributed by atoms with Crippen LogP contribution in [0.25, 0.3) is 0 Å². The molecule has 2 unspecified atom stereocenters. The highest BCUT2D eigenvalue weighted by Gasteiger charge is 2.26. The molecule has 2 aromatic carbocycles. The second kappa shape index (κ2) is 6.68. The number of hydrogen-bond acceptors (Lipinski definition) is 10.